The Hall–Kier alpha value is -6.73. The molecule has 0 radical (unpaired) electrons. The quantitative estimate of drug-likeness (QED) is 0.0831. The van der Waals surface area contributed by atoms with E-state index in [0.717, 1.165) is 88.0 Å². The van der Waals surface area contributed by atoms with Crippen LogP contribution in [0.5, 0.6) is 0 Å². The number of alkyl halides is 6. The molecule has 0 unspecified atom stereocenters. The number of fused-ring (bicyclic) bond motifs is 6. The Bertz CT molecular complexity index is 3470. The van der Waals surface area contributed by atoms with E-state index in [4.69, 9.17) is 35.4 Å². The number of nitrogens with one attached hydrogen (secondary N) is 2. The molecule has 2 amide bonds. The maximum atomic E-state index is 13.0. The second kappa shape index (κ2) is 24.4. The Kier molecular flexibility index (Phi) is 18.1. The molecule has 4 N–H and O–H groups in total. The van der Waals surface area contributed by atoms with Gasteiger partial charge < -0.3 is 49.4 Å². The number of ether oxygens (including phenoxy) is 2. The van der Waals surface area contributed by atoms with Gasteiger partial charge in [-0.1, -0.05) is 29.3 Å². The zero-order chi connectivity index (χ0) is 62.5. The zero-order valence-corrected chi connectivity index (χ0v) is 50.2. The number of morpholine rings is 2. The second-order valence-corrected chi connectivity index (χ2v) is 24.8. The smallest absolute Gasteiger partial charge is 0.399 e. The van der Waals surface area contributed by atoms with Crippen molar-refractivity contribution in [3.8, 4) is 11.1 Å². The number of aryl methyl sites for hydroxylation is 2. The average Bonchev–Trinajstić information content (AvgIpc) is 2.80. The lowest BCUT2D eigenvalue weighted by Gasteiger charge is -2.49. The van der Waals surface area contributed by atoms with Crippen molar-refractivity contribution in [1.82, 2.24) is 19.9 Å². The Morgan fingerprint density at radius 2 is 1.08 bits per heavy atom. The number of hydrogen-bond acceptors (Lipinski definition) is 14. The minimum atomic E-state index is -4.64. The predicted molar refractivity (Wildman–Crippen MR) is 316 cm³/mol. The summed E-state index contributed by atoms with van der Waals surface area (Å²) in [6.45, 7) is 23.0. The van der Waals surface area contributed by atoms with E-state index in [1.807, 2.05) is 81.4 Å². The van der Waals surface area contributed by atoms with Crippen LogP contribution in [-0.2, 0) is 44.0 Å². The molecule has 2 aromatic carbocycles. The SMILES string of the molecule is CC(C)(O)[C@@H]1Cc2ncc(Cl)cc2N2CCOC[C@H]12.Cc1ccc(NC(=O)c2ccnc(C(F)(F)F)c2)cc1-c1cnc2c(c1)N1CCOC[C@@H]1[C@H](C(C)(C)O)C2.Cc1ccc(NC(=O)c2ccnc(C(F)(F)F)c2)cc1B1OC(C)(C)C(C)(C)O1. The number of nitrogens with zero attached hydrogens (tertiary/aromatic N) is 6. The van der Waals surface area contributed by atoms with E-state index in [1.165, 1.54) is 12.1 Å². The van der Waals surface area contributed by atoms with Crippen LogP contribution < -0.4 is 25.9 Å². The molecule has 3 saturated heterocycles. The third kappa shape index (κ3) is 14.1. The fourth-order valence-electron chi connectivity index (χ4n) is 11.4. The molecule has 4 aromatic heterocycles. The van der Waals surface area contributed by atoms with E-state index in [0.29, 0.717) is 55.8 Å². The topological polar surface area (TPSA) is 194 Å². The van der Waals surface area contributed by atoms with Gasteiger partial charge in [-0.2, -0.15) is 26.3 Å². The number of hydrogen-bond donors (Lipinski definition) is 4. The van der Waals surface area contributed by atoms with Crippen LogP contribution in [0.4, 0.5) is 49.1 Å². The predicted octanol–water partition coefficient (Wildman–Crippen LogP) is 10.7. The van der Waals surface area contributed by atoms with Gasteiger partial charge in [-0.15, -0.1) is 0 Å². The summed E-state index contributed by atoms with van der Waals surface area (Å²) in [5, 5.41) is 27.2. The van der Waals surface area contributed by atoms with Crippen LogP contribution >= 0.6 is 11.6 Å². The van der Waals surface area contributed by atoms with Crippen molar-refractivity contribution in [3.05, 3.63) is 148 Å². The second-order valence-electron chi connectivity index (χ2n) is 24.4. The van der Waals surface area contributed by atoms with Gasteiger partial charge in [-0.25, -0.2) is 0 Å². The van der Waals surface area contributed by atoms with Gasteiger partial charge in [-0.3, -0.25) is 29.5 Å². The summed E-state index contributed by atoms with van der Waals surface area (Å²) in [7, 11) is -0.616. The van der Waals surface area contributed by atoms with Crippen molar-refractivity contribution in [2.75, 3.05) is 60.0 Å². The first-order valence-corrected chi connectivity index (χ1v) is 28.6. The van der Waals surface area contributed by atoms with E-state index in [-0.39, 0.29) is 35.0 Å². The molecule has 0 spiro atoms. The summed E-state index contributed by atoms with van der Waals surface area (Å²) >= 11 is 6.06. The van der Waals surface area contributed by atoms with Crippen LogP contribution in [0.25, 0.3) is 11.1 Å². The largest absolute Gasteiger partial charge is 0.495 e. The fraction of sp³-hybridized carbons (Fsp3) is 0.452. The maximum Gasteiger partial charge on any atom is 0.495 e. The van der Waals surface area contributed by atoms with Gasteiger partial charge in [0, 0.05) is 77.8 Å². The molecule has 3 fully saturated rings. The Labute approximate surface area is 501 Å². The van der Waals surface area contributed by atoms with Gasteiger partial charge in [0.15, 0.2) is 0 Å². The number of rotatable bonds is 8. The van der Waals surface area contributed by atoms with Gasteiger partial charge in [0.1, 0.15) is 11.4 Å². The van der Waals surface area contributed by atoms with Crippen LogP contribution in [-0.4, -0.2) is 123 Å². The van der Waals surface area contributed by atoms with Crippen LogP contribution in [0.15, 0.2) is 97.6 Å². The summed E-state index contributed by atoms with van der Waals surface area (Å²) in [5.41, 5.74) is 4.04. The van der Waals surface area contributed by atoms with Gasteiger partial charge in [0.05, 0.1) is 88.7 Å². The lowest BCUT2D eigenvalue weighted by atomic mass is 9.76. The van der Waals surface area contributed by atoms with E-state index in [9.17, 15) is 46.1 Å². The van der Waals surface area contributed by atoms with Gasteiger partial charge in [0.2, 0.25) is 0 Å². The molecular weight excluding hydrogens is 1140 g/mol. The molecule has 11 rings (SSSR count). The molecule has 6 aromatic rings. The third-order valence-corrected chi connectivity index (χ3v) is 17.1. The number of anilines is 4. The summed E-state index contributed by atoms with van der Waals surface area (Å²) in [6, 6.07) is 18.7. The number of aromatic nitrogens is 4. The number of halogens is 7. The summed E-state index contributed by atoms with van der Waals surface area (Å²) in [6.07, 6.45) is -2.47. The number of pyridine rings is 4. The maximum absolute atomic E-state index is 13.0. The Morgan fingerprint density at radius 3 is 1.56 bits per heavy atom. The lowest BCUT2D eigenvalue weighted by molar-refractivity contribution is -0.142. The van der Waals surface area contributed by atoms with Crippen LogP contribution in [0.1, 0.15) is 110 Å². The molecule has 5 aliphatic rings. The minimum Gasteiger partial charge on any atom is -0.399 e. The molecule has 5 aliphatic heterocycles. The van der Waals surface area contributed by atoms with Crippen molar-refractivity contribution in [1.29, 1.82) is 0 Å². The third-order valence-electron chi connectivity index (χ3n) is 16.9. The van der Waals surface area contributed by atoms with Crippen molar-refractivity contribution in [2.24, 2.45) is 11.8 Å². The number of benzene rings is 2. The number of carbonyl (C=O) groups is 2. The monoisotopic (exact) mass is 1210 g/mol. The van der Waals surface area contributed by atoms with Gasteiger partial charge in [0.25, 0.3) is 11.8 Å². The highest BCUT2D eigenvalue weighted by Gasteiger charge is 2.52. The van der Waals surface area contributed by atoms with Crippen molar-refractivity contribution >= 4 is 58.7 Å². The first-order chi connectivity index (χ1) is 40.2. The van der Waals surface area contributed by atoms with Gasteiger partial charge in [-0.05, 0) is 159 Å². The van der Waals surface area contributed by atoms with Crippen LogP contribution in [0, 0.1) is 25.7 Å². The van der Waals surface area contributed by atoms with Crippen molar-refractivity contribution in [3.63, 3.8) is 0 Å². The first kappa shape index (κ1) is 63.8. The zero-order valence-electron chi connectivity index (χ0n) is 49.5. The van der Waals surface area contributed by atoms with Gasteiger partial charge >= 0.3 is 19.5 Å². The first-order valence-electron chi connectivity index (χ1n) is 28.2. The molecule has 9 heterocycles. The van der Waals surface area contributed by atoms with E-state index < -0.39 is 65.1 Å². The molecule has 86 heavy (non-hydrogen) atoms. The molecule has 4 atom stereocenters. The molecule has 458 valence electrons. The number of aliphatic hydroxyl groups is 2. The average molecular weight is 1220 g/mol. The number of carbonyl (C=O) groups excluding carboxylic acids is 2. The minimum absolute atomic E-state index is 0.0278. The van der Waals surface area contributed by atoms with Crippen LogP contribution in [0.2, 0.25) is 5.02 Å². The van der Waals surface area contributed by atoms with E-state index in [1.54, 1.807) is 42.7 Å². The number of amides is 2. The molecule has 0 bridgehead atoms. The normalized spacial score (nSPS) is 20.6. The highest BCUT2D eigenvalue weighted by atomic mass is 35.5. The molecular formula is C62H70BClF6N8O8. The molecule has 16 nitrogen and oxygen atoms in total. The Balaban J connectivity index is 0.000000163. The fourth-order valence-corrected chi connectivity index (χ4v) is 11.5. The summed E-state index contributed by atoms with van der Waals surface area (Å²) < 4.78 is 101. The lowest BCUT2D eigenvalue weighted by Crippen LogP contribution is -2.58. The van der Waals surface area contributed by atoms with E-state index >= 15 is 0 Å². The van der Waals surface area contributed by atoms with Crippen molar-refractivity contribution in [2.45, 2.75) is 129 Å². The summed E-state index contributed by atoms with van der Waals surface area (Å²) in [4.78, 5) is 45.5. The van der Waals surface area contributed by atoms with Crippen molar-refractivity contribution < 1.29 is 64.9 Å². The molecule has 24 heteroatoms. The Morgan fingerprint density at radius 1 is 0.628 bits per heavy atom. The van der Waals surface area contributed by atoms with E-state index in [2.05, 4.69) is 41.5 Å². The molecule has 0 saturated carbocycles. The highest BCUT2D eigenvalue weighted by molar-refractivity contribution is 6.62. The molecule has 0 aliphatic carbocycles. The standard InChI is InChI=1S/C28H29F3N4O3.C20H22BF3N2O3.C14H19ClN2O2/c1-16-4-5-19(34-26(36)17-6-7-32-25(11-17)28(29,30)31)12-20(16)18-10-23-22(33-14-18)13-21(27(2,3)37)24-15-38-9-8-35(23)24;1-12-6-7-14(11-15(12)21-28-18(2,3)19(4,5)29-21)26-17(27)13-8-9-25-16(10-13)20(22,23)24;1-14(2,18)10-6-11-12(5-9(15)7-16-11)17-3-4-19-8-13(10)17/h4-7,10-12,14,21,24,37H,8-9,13,15H2,1-3H3,(H,34,36);6-11H,1-5H3,(H,26,27);5,7,10,13,18H,3-4,6,8H2,1-2H3/t21-,24-;;10-,13-/m1.1/s1. The summed E-state index contributed by atoms with van der Waals surface area (Å²) in [5.74, 6) is -1.24. The van der Waals surface area contributed by atoms with Crippen LogP contribution in [0.3, 0.4) is 0 Å². The highest BCUT2D eigenvalue weighted by Crippen LogP contribution is 2.43.